The minimum atomic E-state index is -0.553. The van der Waals surface area contributed by atoms with Gasteiger partial charge in [0.15, 0.2) is 5.82 Å². The Morgan fingerprint density at radius 3 is 2.32 bits per heavy atom. The smallest absolute Gasteiger partial charge is 0.253 e. The predicted octanol–water partition coefficient (Wildman–Crippen LogP) is 3.47. The molecule has 3 aromatic carbocycles. The second-order valence-electron chi connectivity index (χ2n) is 9.91. The van der Waals surface area contributed by atoms with Crippen molar-refractivity contribution in [3.05, 3.63) is 93.0 Å². The van der Waals surface area contributed by atoms with Crippen LogP contribution in [0.15, 0.2) is 76.6 Å². The molecule has 1 saturated heterocycles. The first-order valence-corrected chi connectivity index (χ1v) is 12.7. The number of aromatic nitrogens is 3. The molecule has 3 heterocycles. The Labute approximate surface area is 220 Å². The van der Waals surface area contributed by atoms with Crippen molar-refractivity contribution >= 4 is 33.7 Å². The van der Waals surface area contributed by atoms with Gasteiger partial charge in [-0.15, -0.1) is 0 Å². The molecule has 0 aliphatic carbocycles. The lowest BCUT2D eigenvalue weighted by Crippen LogP contribution is -2.43. The molecule has 0 bridgehead atoms. The van der Waals surface area contributed by atoms with Crippen LogP contribution in [-0.2, 0) is 13.6 Å². The van der Waals surface area contributed by atoms with E-state index >= 15 is 0 Å². The summed E-state index contributed by atoms with van der Waals surface area (Å²) in [4.78, 5) is 33.8. The molecule has 0 spiro atoms. The van der Waals surface area contributed by atoms with E-state index in [0.29, 0.717) is 5.82 Å². The second kappa shape index (κ2) is 9.85. The maximum Gasteiger partial charge on any atom is 0.253 e. The minimum absolute atomic E-state index is 0.226. The number of anilines is 4. The fourth-order valence-corrected chi connectivity index (χ4v) is 4.90. The molecule has 1 aliphatic rings. The lowest BCUT2D eigenvalue weighted by molar-refractivity contribution is 0.148. The number of pyridine rings is 1. The first kappa shape index (κ1) is 24.0. The van der Waals surface area contributed by atoms with Gasteiger partial charge in [0.1, 0.15) is 11.4 Å². The van der Waals surface area contributed by atoms with Crippen molar-refractivity contribution in [3.8, 4) is 11.3 Å². The second-order valence-corrected chi connectivity index (χ2v) is 9.91. The summed E-state index contributed by atoms with van der Waals surface area (Å²) in [5.41, 5.74) is 3.23. The normalized spacial score (nSPS) is 14.8. The lowest BCUT2D eigenvalue weighted by atomic mass is 10.1. The topological polar surface area (TPSA) is 95.4 Å². The van der Waals surface area contributed by atoms with E-state index < -0.39 is 10.9 Å². The van der Waals surface area contributed by atoms with Crippen molar-refractivity contribution in [3.63, 3.8) is 0 Å². The number of nitrogens with zero attached hydrogens (tertiary/aromatic N) is 5. The zero-order valence-electron chi connectivity index (χ0n) is 21.4. The van der Waals surface area contributed by atoms with Crippen LogP contribution >= 0.6 is 0 Å². The summed E-state index contributed by atoms with van der Waals surface area (Å²) in [5, 5.41) is 12.8. The summed E-state index contributed by atoms with van der Waals surface area (Å²) in [6.45, 7) is 5.18. The summed E-state index contributed by atoms with van der Waals surface area (Å²) >= 11 is 0. The zero-order chi connectivity index (χ0) is 26.2. The Hall–Kier alpha value is -4.34. The maximum atomic E-state index is 12.4. The molecule has 5 aromatic rings. The Bertz CT molecular complexity index is 1670. The van der Waals surface area contributed by atoms with Gasteiger partial charge in [-0.2, -0.15) is 5.10 Å². The Kier molecular flexibility index (Phi) is 6.22. The molecule has 192 valence electrons. The molecule has 0 unspecified atom stereocenters. The summed E-state index contributed by atoms with van der Waals surface area (Å²) < 4.78 is 1.75. The van der Waals surface area contributed by atoms with Gasteiger partial charge >= 0.3 is 0 Å². The summed E-state index contributed by atoms with van der Waals surface area (Å²) in [6.07, 6.45) is 3.60. The molecule has 38 heavy (non-hydrogen) atoms. The molecule has 1 fully saturated rings. The van der Waals surface area contributed by atoms with Crippen LogP contribution in [-0.4, -0.2) is 57.8 Å². The van der Waals surface area contributed by atoms with Gasteiger partial charge in [0.25, 0.3) is 10.9 Å². The van der Waals surface area contributed by atoms with Gasteiger partial charge in [-0.25, -0.2) is 0 Å². The third-order valence-electron chi connectivity index (χ3n) is 7.20. The first-order chi connectivity index (χ1) is 18.4. The van der Waals surface area contributed by atoms with Crippen LogP contribution < -0.4 is 21.5 Å². The monoisotopic (exact) mass is 507 g/mol. The highest BCUT2D eigenvalue weighted by Crippen LogP contribution is 2.29. The predicted molar refractivity (Wildman–Crippen MR) is 151 cm³/mol. The number of likely N-dealkylation sites (N-methyl/N-ethyl adjacent to an activating group) is 1. The Morgan fingerprint density at radius 2 is 1.55 bits per heavy atom. The highest BCUT2D eigenvalue weighted by molar-refractivity contribution is 5.87. The van der Waals surface area contributed by atoms with E-state index in [4.69, 9.17) is 0 Å². The summed E-state index contributed by atoms with van der Waals surface area (Å²) in [7, 11) is 4.00. The van der Waals surface area contributed by atoms with Crippen molar-refractivity contribution in [2.45, 2.75) is 6.54 Å². The van der Waals surface area contributed by atoms with Gasteiger partial charge in [0.05, 0.1) is 5.69 Å². The third-order valence-corrected chi connectivity index (χ3v) is 7.20. The van der Waals surface area contributed by atoms with Crippen LogP contribution in [0.2, 0.25) is 0 Å². The van der Waals surface area contributed by atoms with Crippen molar-refractivity contribution in [1.29, 1.82) is 0 Å². The number of fused-ring (bicyclic) bond motifs is 1. The Morgan fingerprint density at radius 1 is 0.816 bits per heavy atom. The molecule has 0 amide bonds. The molecular formula is C29H29N7O2. The molecule has 1 aliphatic heterocycles. The van der Waals surface area contributed by atoms with Crippen LogP contribution in [0.4, 0.5) is 22.9 Å². The first-order valence-electron chi connectivity index (χ1n) is 12.7. The molecule has 0 saturated carbocycles. The molecule has 9 nitrogen and oxygen atoms in total. The number of nitrogens with one attached hydrogen (secondary N) is 2. The van der Waals surface area contributed by atoms with Gasteiger partial charge in [-0.3, -0.25) is 24.2 Å². The molecule has 9 heteroatoms. The molecule has 0 atom stereocenters. The van der Waals surface area contributed by atoms with E-state index in [1.54, 1.807) is 10.9 Å². The van der Waals surface area contributed by atoms with Crippen LogP contribution in [0.5, 0.6) is 0 Å². The average molecular weight is 508 g/mol. The SMILES string of the molecule is CN1CCN(Cc2ccc(Nc3c(Nc4cc(-c5ccc6ccncc6c5)n(C)n4)c(=O)c3=O)cc2)CC1. The maximum absolute atomic E-state index is 12.4. The van der Waals surface area contributed by atoms with Crippen molar-refractivity contribution in [2.24, 2.45) is 7.05 Å². The van der Waals surface area contributed by atoms with E-state index in [2.05, 4.69) is 55.8 Å². The fourth-order valence-electron chi connectivity index (χ4n) is 4.90. The van der Waals surface area contributed by atoms with E-state index in [1.807, 2.05) is 49.6 Å². The number of aryl methyl sites for hydroxylation is 1. The van der Waals surface area contributed by atoms with E-state index in [1.165, 1.54) is 5.56 Å². The van der Waals surface area contributed by atoms with Gasteiger partial charge in [0.2, 0.25) is 0 Å². The number of rotatable bonds is 7. The highest BCUT2D eigenvalue weighted by atomic mass is 16.2. The standard InChI is InChI=1S/C29H29N7O2/c1-34-11-13-36(14-12-34)18-19-3-7-23(8-4-19)31-26-27(29(38)28(26)37)32-25-16-24(35(2)33-25)21-6-5-20-9-10-30-17-22(20)15-21/h3-10,15-17,31H,11-14,18H2,1-2H3,(H,32,33). The van der Waals surface area contributed by atoms with Crippen LogP contribution in [0.25, 0.3) is 22.0 Å². The average Bonchev–Trinajstić information content (AvgIpc) is 3.32. The van der Waals surface area contributed by atoms with E-state index in [9.17, 15) is 9.59 Å². The Balaban J connectivity index is 1.16. The molecular weight excluding hydrogens is 478 g/mol. The van der Waals surface area contributed by atoms with Crippen LogP contribution in [0.1, 0.15) is 5.56 Å². The van der Waals surface area contributed by atoms with E-state index in [0.717, 1.165) is 60.4 Å². The third kappa shape index (κ3) is 4.69. The van der Waals surface area contributed by atoms with Gasteiger partial charge < -0.3 is 15.5 Å². The van der Waals surface area contributed by atoms with Crippen LogP contribution in [0, 0.1) is 0 Å². The number of hydrogen-bond acceptors (Lipinski definition) is 8. The molecule has 6 rings (SSSR count). The zero-order valence-corrected chi connectivity index (χ0v) is 21.4. The summed E-state index contributed by atoms with van der Waals surface area (Å²) in [5.74, 6) is 0.492. The summed E-state index contributed by atoms with van der Waals surface area (Å²) in [6, 6.07) is 18.0. The number of hydrogen-bond donors (Lipinski definition) is 2. The van der Waals surface area contributed by atoms with Gasteiger partial charge in [0, 0.05) is 74.9 Å². The quantitative estimate of drug-likeness (QED) is 0.324. The van der Waals surface area contributed by atoms with Gasteiger partial charge in [-0.05, 0) is 42.3 Å². The number of benzene rings is 2. The van der Waals surface area contributed by atoms with Gasteiger partial charge in [-0.1, -0.05) is 24.3 Å². The highest BCUT2D eigenvalue weighted by Gasteiger charge is 2.23. The van der Waals surface area contributed by atoms with Crippen molar-refractivity contribution in [1.82, 2.24) is 24.6 Å². The van der Waals surface area contributed by atoms with Crippen molar-refractivity contribution in [2.75, 3.05) is 43.9 Å². The molecule has 0 radical (unpaired) electrons. The molecule has 2 aromatic heterocycles. The van der Waals surface area contributed by atoms with Crippen molar-refractivity contribution < 1.29 is 0 Å². The minimum Gasteiger partial charge on any atom is -0.350 e. The van der Waals surface area contributed by atoms with Crippen LogP contribution in [0.3, 0.4) is 0 Å². The molecule has 2 N–H and O–H groups in total. The lowest BCUT2D eigenvalue weighted by Gasteiger charge is -2.32. The largest absolute Gasteiger partial charge is 0.350 e. The van der Waals surface area contributed by atoms with E-state index in [-0.39, 0.29) is 11.4 Å². The fraction of sp³-hybridized carbons (Fsp3) is 0.241. The number of piperazine rings is 1.